The highest BCUT2D eigenvalue weighted by atomic mass is 32.1. The fourth-order valence-electron chi connectivity index (χ4n) is 5.22. The van der Waals surface area contributed by atoms with E-state index in [0.717, 1.165) is 50.8 Å². The molecule has 7 nitrogen and oxygen atoms in total. The number of aryl methyl sites for hydroxylation is 1. The van der Waals surface area contributed by atoms with Gasteiger partial charge in [-0.05, 0) is 67.2 Å². The maximum Gasteiger partial charge on any atom is 0.261 e. The molecule has 34 heavy (non-hydrogen) atoms. The second kappa shape index (κ2) is 9.62. The minimum atomic E-state index is -0.0106. The Morgan fingerprint density at radius 3 is 2.74 bits per heavy atom. The molecule has 0 spiro atoms. The van der Waals surface area contributed by atoms with Gasteiger partial charge in [0.2, 0.25) is 0 Å². The molecule has 5 rings (SSSR count). The van der Waals surface area contributed by atoms with Gasteiger partial charge in [0.25, 0.3) is 5.91 Å². The molecule has 0 aliphatic heterocycles. The van der Waals surface area contributed by atoms with Crippen LogP contribution in [0.3, 0.4) is 0 Å². The zero-order valence-corrected chi connectivity index (χ0v) is 20.6. The average Bonchev–Trinajstić information content (AvgIpc) is 3.57. The molecule has 0 radical (unpaired) electrons. The molecule has 1 fully saturated rings. The smallest absolute Gasteiger partial charge is 0.261 e. The van der Waals surface area contributed by atoms with Gasteiger partial charge >= 0.3 is 0 Å². The fraction of sp³-hybridized carbons (Fsp3) is 0.423. The lowest BCUT2D eigenvalue weighted by Gasteiger charge is -2.18. The zero-order valence-electron chi connectivity index (χ0n) is 19.8. The van der Waals surface area contributed by atoms with Crippen LogP contribution in [0.25, 0.3) is 10.2 Å². The van der Waals surface area contributed by atoms with Crippen molar-refractivity contribution < 1.29 is 14.3 Å². The largest absolute Gasteiger partial charge is 0.493 e. The maximum atomic E-state index is 13.0. The van der Waals surface area contributed by atoms with Gasteiger partial charge in [0, 0.05) is 13.1 Å². The number of rotatable bonds is 9. The molecular weight excluding hydrogens is 448 g/mol. The number of carbonyl (C=O) groups excluding carboxylic acids is 1. The van der Waals surface area contributed by atoms with Crippen molar-refractivity contribution >= 4 is 33.3 Å². The van der Waals surface area contributed by atoms with E-state index in [9.17, 15) is 4.79 Å². The average molecular weight is 479 g/mol. The zero-order chi connectivity index (χ0) is 23.7. The van der Waals surface area contributed by atoms with E-state index in [1.54, 1.807) is 20.5 Å². The van der Waals surface area contributed by atoms with Crippen molar-refractivity contribution in [1.82, 2.24) is 15.3 Å². The predicted octanol–water partition coefficient (Wildman–Crippen LogP) is 4.61. The van der Waals surface area contributed by atoms with Gasteiger partial charge in [-0.2, -0.15) is 0 Å². The van der Waals surface area contributed by atoms with Crippen LogP contribution in [0.2, 0.25) is 0 Å². The fourth-order valence-corrected chi connectivity index (χ4v) is 6.28. The van der Waals surface area contributed by atoms with E-state index in [-0.39, 0.29) is 5.91 Å². The Labute approximate surface area is 203 Å². The third-order valence-electron chi connectivity index (χ3n) is 7.03. The molecular formula is C26H30N4O3S. The number of benzene rings is 1. The minimum Gasteiger partial charge on any atom is -0.493 e. The van der Waals surface area contributed by atoms with Crippen LogP contribution < -0.4 is 20.1 Å². The molecule has 0 unspecified atom stereocenters. The molecule has 2 N–H and O–H groups in total. The number of fused-ring (bicyclic) bond motifs is 3. The molecule has 2 bridgehead atoms. The van der Waals surface area contributed by atoms with Crippen molar-refractivity contribution in [3.05, 3.63) is 52.7 Å². The first kappa shape index (κ1) is 22.7. The van der Waals surface area contributed by atoms with Crippen LogP contribution in [0.15, 0.2) is 36.7 Å². The van der Waals surface area contributed by atoms with Gasteiger partial charge < -0.3 is 20.1 Å². The predicted molar refractivity (Wildman–Crippen MR) is 135 cm³/mol. The van der Waals surface area contributed by atoms with E-state index in [4.69, 9.17) is 9.47 Å². The molecule has 1 aromatic carbocycles. The Bertz CT molecular complexity index is 1240. The van der Waals surface area contributed by atoms with Crippen LogP contribution in [-0.2, 0) is 6.42 Å². The molecule has 178 valence electrons. The summed E-state index contributed by atoms with van der Waals surface area (Å²) in [6.45, 7) is 3.41. The lowest BCUT2D eigenvalue weighted by atomic mass is 9.93. The summed E-state index contributed by atoms with van der Waals surface area (Å²) in [4.78, 5) is 23.5. The van der Waals surface area contributed by atoms with Gasteiger partial charge in [-0.1, -0.05) is 18.2 Å². The van der Waals surface area contributed by atoms with Crippen molar-refractivity contribution in [1.29, 1.82) is 0 Å². The van der Waals surface area contributed by atoms with Crippen molar-refractivity contribution in [3.63, 3.8) is 0 Å². The van der Waals surface area contributed by atoms with Gasteiger partial charge in [0.15, 0.2) is 11.5 Å². The lowest BCUT2D eigenvalue weighted by Crippen LogP contribution is -2.30. The molecule has 2 aromatic heterocycles. The topological polar surface area (TPSA) is 85.4 Å². The third-order valence-corrected chi connectivity index (χ3v) is 8.23. The van der Waals surface area contributed by atoms with Crippen molar-refractivity contribution in [2.75, 3.05) is 32.6 Å². The number of nitrogens with one attached hydrogen (secondary N) is 2. The van der Waals surface area contributed by atoms with Crippen molar-refractivity contribution in [3.8, 4) is 11.5 Å². The first-order valence-electron chi connectivity index (χ1n) is 11.7. The molecule has 1 amide bonds. The number of hydrogen-bond acceptors (Lipinski definition) is 7. The van der Waals surface area contributed by atoms with Gasteiger partial charge in [0.05, 0.1) is 24.5 Å². The van der Waals surface area contributed by atoms with E-state index in [0.29, 0.717) is 30.0 Å². The highest BCUT2D eigenvalue weighted by molar-refractivity contribution is 7.20. The highest BCUT2D eigenvalue weighted by Crippen LogP contribution is 2.43. The van der Waals surface area contributed by atoms with E-state index >= 15 is 0 Å². The first-order valence-corrected chi connectivity index (χ1v) is 12.5. The molecule has 8 heteroatoms. The monoisotopic (exact) mass is 478 g/mol. The number of hydrogen-bond donors (Lipinski definition) is 2. The number of allylic oxidation sites excluding steroid dienone is 2. The molecule has 2 heterocycles. The molecule has 3 atom stereocenters. The molecule has 0 saturated heterocycles. The van der Waals surface area contributed by atoms with Gasteiger partial charge in [0.1, 0.15) is 17.0 Å². The van der Waals surface area contributed by atoms with E-state index in [2.05, 4.69) is 32.8 Å². The van der Waals surface area contributed by atoms with E-state index in [1.165, 1.54) is 24.2 Å². The molecule has 2 aliphatic rings. The summed E-state index contributed by atoms with van der Waals surface area (Å²) >= 11 is 1.44. The normalized spacial score (nSPS) is 20.6. The summed E-state index contributed by atoms with van der Waals surface area (Å²) in [6, 6.07) is 5.93. The molecule has 1 saturated carbocycles. The van der Waals surface area contributed by atoms with Crippen molar-refractivity contribution in [2.24, 2.45) is 17.8 Å². The Morgan fingerprint density at radius 1 is 1.15 bits per heavy atom. The minimum absolute atomic E-state index is 0.0106. The number of ether oxygens (including phenoxy) is 2. The number of nitrogens with zero attached hydrogens (tertiary/aromatic N) is 2. The summed E-state index contributed by atoms with van der Waals surface area (Å²) in [7, 11) is 3.27. The lowest BCUT2D eigenvalue weighted by molar-refractivity contribution is 0.0948. The summed E-state index contributed by atoms with van der Waals surface area (Å²) in [5, 5.41) is 7.54. The van der Waals surface area contributed by atoms with Crippen LogP contribution in [-0.4, -0.2) is 43.2 Å². The SMILES string of the molecule is COc1ccc(CCNc2ncnc3sc(C(=O)NC[C@@H]4C[C@H]5C=C[C@@H]4C5)c(C)c23)cc1OC. The number of carbonyl (C=O) groups is 1. The van der Waals surface area contributed by atoms with Crippen LogP contribution in [0.4, 0.5) is 5.82 Å². The Hall–Kier alpha value is -3.13. The third kappa shape index (κ3) is 4.34. The molecule has 2 aliphatic carbocycles. The Morgan fingerprint density at radius 2 is 2.00 bits per heavy atom. The Kier molecular flexibility index (Phi) is 6.41. The summed E-state index contributed by atoms with van der Waals surface area (Å²) in [5.41, 5.74) is 2.06. The van der Waals surface area contributed by atoms with Crippen LogP contribution >= 0.6 is 11.3 Å². The highest BCUT2D eigenvalue weighted by Gasteiger charge is 2.35. The number of amides is 1. The summed E-state index contributed by atoms with van der Waals surface area (Å²) in [5.74, 6) is 4.08. The van der Waals surface area contributed by atoms with Gasteiger partial charge in [-0.3, -0.25) is 4.79 Å². The summed E-state index contributed by atoms with van der Waals surface area (Å²) in [6.07, 6.45) is 9.44. The maximum absolute atomic E-state index is 13.0. The van der Waals surface area contributed by atoms with E-state index < -0.39 is 0 Å². The van der Waals surface area contributed by atoms with Gasteiger partial charge in [-0.15, -0.1) is 11.3 Å². The number of anilines is 1. The van der Waals surface area contributed by atoms with Crippen molar-refractivity contribution in [2.45, 2.75) is 26.2 Å². The van der Waals surface area contributed by atoms with Crippen LogP contribution in [0.1, 0.15) is 33.6 Å². The molecule has 3 aromatic rings. The second-order valence-electron chi connectivity index (χ2n) is 9.08. The Balaban J connectivity index is 1.25. The van der Waals surface area contributed by atoms with Crippen LogP contribution in [0.5, 0.6) is 11.5 Å². The number of thiophene rings is 1. The first-order chi connectivity index (χ1) is 16.6. The standard InChI is InChI=1S/C26H30N4O3S/c1-15-22-24(27-9-8-16-5-7-20(32-2)21(12-16)33-3)29-14-30-26(22)34-23(15)25(31)28-13-19-11-17-4-6-18(19)10-17/h4-7,12,14,17-19H,8-11,13H2,1-3H3,(H,28,31)(H,27,29,30)/t17-,18+,19-/m0/s1. The van der Waals surface area contributed by atoms with Crippen LogP contribution in [0, 0.1) is 24.7 Å². The second-order valence-corrected chi connectivity index (χ2v) is 10.1. The number of aromatic nitrogens is 2. The van der Waals surface area contributed by atoms with Gasteiger partial charge in [-0.25, -0.2) is 9.97 Å². The van der Waals surface area contributed by atoms with E-state index in [1.807, 2.05) is 25.1 Å². The number of methoxy groups -OCH3 is 2. The summed E-state index contributed by atoms with van der Waals surface area (Å²) < 4.78 is 10.7. The quantitative estimate of drug-likeness (QED) is 0.437.